The average molecular weight is 306 g/mol. The lowest BCUT2D eigenvalue weighted by atomic mass is 10.0. The molecule has 0 spiro atoms. The molecule has 0 aliphatic rings. The van der Waals surface area contributed by atoms with Gasteiger partial charge in [0.15, 0.2) is 5.78 Å². The largest absolute Gasteiger partial charge is 0.461 e. The van der Waals surface area contributed by atoms with Crippen molar-refractivity contribution in [1.29, 1.82) is 0 Å². The van der Waals surface area contributed by atoms with Gasteiger partial charge in [0.1, 0.15) is 5.69 Å². The third-order valence-corrected chi connectivity index (χ3v) is 3.45. The molecule has 0 amide bonds. The van der Waals surface area contributed by atoms with Gasteiger partial charge in [-0.2, -0.15) is 0 Å². The van der Waals surface area contributed by atoms with Crippen LogP contribution in [0.15, 0.2) is 30.5 Å². The summed E-state index contributed by atoms with van der Waals surface area (Å²) in [7, 11) is 0. The Bertz CT molecular complexity index is 659. The molecule has 21 heavy (non-hydrogen) atoms. The number of aromatic nitrogens is 1. The summed E-state index contributed by atoms with van der Waals surface area (Å²) >= 11 is 5.82. The molecule has 0 bridgehead atoms. The SMILES string of the molecule is CCOC(=O)c1[nH]cc(C(=O)Cc2ccc(Cl)cc2)c1C. The zero-order valence-corrected chi connectivity index (χ0v) is 12.7. The van der Waals surface area contributed by atoms with Crippen LogP contribution >= 0.6 is 11.6 Å². The first kappa shape index (κ1) is 15.3. The number of benzene rings is 1. The maximum atomic E-state index is 12.3. The second-order valence-corrected chi connectivity index (χ2v) is 5.09. The Balaban J connectivity index is 2.16. The number of H-pyrrole nitrogens is 1. The highest BCUT2D eigenvalue weighted by Crippen LogP contribution is 2.17. The van der Waals surface area contributed by atoms with Crippen LogP contribution in [0.3, 0.4) is 0 Å². The minimum Gasteiger partial charge on any atom is -0.461 e. The maximum absolute atomic E-state index is 12.3. The van der Waals surface area contributed by atoms with E-state index in [1.807, 2.05) is 12.1 Å². The predicted molar refractivity (Wildman–Crippen MR) is 81.0 cm³/mol. The summed E-state index contributed by atoms with van der Waals surface area (Å²) in [5.74, 6) is -0.498. The molecule has 0 fully saturated rings. The lowest BCUT2D eigenvalue weighted by molar-refractivity contribution is 0.0519. The monoisotopic (exact) mass is 305 g/mol. The first-order chi connectivity index (χ1) is 10.0. The van der Waals surface area contributed by atoms with Crippen LogP contribution in [0.4, 0.5) is 0 Å². The number of carbonyl (C=O) groups excluding carboxylic acids is 2. The summed E-state index contributed by atoms with van der Waals surface area (Å²) in [6, 6.07) is 7.12. The van der Waals surface area contributed by atoms with Crippen molar-refractivity contribution in [2.24, 2.45) is 0 Å². The number of nitrogens with one attached hydrogen (secondary N) is 1. The van der Waals surface area contributed by atoms with Gasteiger partial charge in [0, 0.05) is 23.2 Å². The van der Waals surface area contributed by atoms with Gasteiger partial charge in [-0.05, 0) is 37.1 Å². The van der Waals surface area contributed by atoms with Crippen molar-refractivity contribution < 1.29 is 14.3 Å². The van der Waals surface area contributed by atoms with Gasteiger partial charge in [0.2, 0.25) is 0 Å². The Morgan fingerprint density at radius 3 is 2.52 bits per heavy atom. The van der Waals surface area contributed by atoms with E-state index in [4.69, 9.17) is 16.3 Å². The number of halogens is 1. The van der Waals surface area contributed by atoms with Crippen molar-refractivity contribution in [3.63, 3.8) is 0 Å². The molecule has 0 saturated heterocycles. The predicted octanol–water partition coefficient (Wildman–Crippen LogP) is 3.58. The van der Waals surface area contributed by atoms with E-state index in [0.29, 0.717) is 28.5 Å². The number of hydrogen-bond acceptors (Lipinski definition) is 3. The van der Waals surface area contributed by atoms with Crippen LogP contribution in [-0.4, -0.2) is 23.3 Å². The molecule has 0 radical (unpaired) electrons. The summed E-state index contributed by atoms with van der Waals surface area (Å²) < 4.78 is 4.94. The van der Waals surface area contributed by atoms with Crippen LogP contribution < -0.4 is 0 Å². The van der Waals surface area contributed by atoms with Gasteiger partial charge in [-0.3, -0.25) is 4.79 Å². The van der Waals surface area contributed by atoms with E-state index < -0.39 is 5.97 Å². The van der Waals surface area contributed by atoms with E-state index in [1.54, 1.807) is 32.2 Å². The normalized spacial score (nSPS) is 10.4. The first-order valence-electron chi connectivity index (χ1n) is 6.65. The summed E-state index contributed by atoms with van der Waals surface area (Å²) in [5.41, 5.74) is 2.33. The molecule has 4 nitrogen and oxygen atoms in total. The number of aromatic amines is 1. The second kappa shape index (κ2) is 6.59. The Kier molecular flexibility index (Phi) is 4.81. The molecule has 1 aromatic heterocycles. The van der Waals surface area contributed by atoms with Crippen LogP contribution in [0.1, 0.15) is 38.9 Å². The summed E-state index contributed by atoms with van der Waals surface area (Å²) in [4.78, 5) is 26.8. The van der Waals surface area contributed by atoms with Gasteiger partial charge in [0.25, 0.3) is 0 Å². The zero-order valence-electron chi connectivity index (χ0n) is 11.9. The molecule has 0 atom stereocenters. The van der Waals surface area contributed by atoms with Crippen LogP contribution in [0.5, 0.6) is 0 Å². The number of ether oxygens (including phenoxy) is 1. The highest BCUT2D eigenvalue weighted by Gasteiger charge is 2.19. The molecule has 5 heteroatoms. The second-order valence-electron chi connectivity index (χ2n) is 4.65. The first-order valence-corrected chi connectivity index (χ1v) is 7.03. The molecular formula is C16H16ClNO3. The Hall–Kier alpha value is -2.07. The van der Waals surface area contributed by atoms with Gasteiger partial charge in [-0.25, -0.2) is 4.79 Å². The quantitative estimate of drug-likeness (QED) is 0.678. The zero-order chi connectivity index (χ0) is 15.4. The highest BCUT2D eigenvalue weighted by atomic mass is 35.5. The standard InChI is InChI=1S/C16H16ClNO3/c1-3-21-16(20)15-10(2)13(9-18-15)14(19)8-11-4-6-12(17)7-5-11/h4-7,9,18H,3,8H2,1-2H3. The van der Waals surface area contributed by atoms with Gasteiger partial charge in [0.05, 0.1) is 6.61 Å². The molecule has 0 unspecified atom stereocenters. The molecule has 0 saturated carbocycles. The Morgan fingerprint density at radius 1 is 1.24 bits per heavy atom. The maximum Gasteiger partial charge on any atom is 0.355 e. The smallest absolute Gasteiger partial charge is 0.355 e. The average Bonchev–Trinajstić information content (AvgIpc) is 2.83. The number of carbonyl (C=O) groups is 2. The minimum atomic E-state index is -0.444. The summed E-state index contributed by atoms with van der Waals surface area (Å²) in [5, 5.41) is 0.633. The molecule has 1 N–H and O–H groups in total. The topological polar surface area (TPSA) is 59.2 Å². The summed E-state index contributed by atoms with van der Waals surface area (Å²) in [6.45, 7) is 3.77. The van der Waals surface area contributed by atoms with E-state index in [-0.39, 0.29) is 12.2 Å². The van der Waals surface area contributed by atoms with Gasteiger partial charge in [-0.1, -0.05) is 23.7 Å². The number of esters is 1. The highest BCUT2D eigenvalue weighted by molar-refractivity contribution is 6.30. The van der Waals surface area contributed by atoms with E-state index in [9.17, 15) is 9.59 Å². The third-order valence-electron chi connectivity index (χ3n) is 3.20. The Labute approximate surface area is 128 Å². The van der Waals surface area contributed by atoms with E-state index in [2.05, 4.69) is 4.98 Å². The molecule has 1 heterocycles. The van der Waals surface area contributed by atoms with Crippen LogP contribution in [0.2, 0.25) is 5.02 Å². The number of Topliss-reactive ketones (excluding diaryl/α,β-unsaturated/α-hetero) is 1. The molecule has 0 aliphatic heterocycles. The summed E-state index contributed by atoms with van der Waals surface area (Å²) in [6.07, 6.45) is 1.82. The lowest BCUT2D eigenvalue weighted by Crippen LogP contribution is -2.08. The number of rotatable bonds is 5. The Morgan fingerprint density at radius 2 is 1.90 bits per heavy atom. The molecular weight excluding hydrogens is 290 g/mol. The molecule has 0 aliphatic carbocycles. The van der Waals surface area contributed by atoms with Crippen molar-refractivity contribution >= 4 is 23.4 Å². The van der Waals surface area contributed by atoms with Crippen LogP contribution in [0, 0.1) is 6.92 Å². The molecule has 1 aromatic carbocycles. The van der Waals surface area contributed by atoms with E-state index >= 15 is 0 Å². The third kappa shape index (κ3) is 3.52. The van der Waals surface area contributed by atoms with Crippen molar-refractivity contribution in [3.8, 4) is 0 Å². The van der Waals surface area contributed by atoms with Gasteiger partial charge >= 0.3 is 5.97 Å². The minimum absolute atomic E-state index is 0.0541. The van der Waals surface area contributed by atoms with Crippen LogP contribution in [0.25, 0.3) is 0 Å². The van der Waals surface area contributed by atoms with Gasteiger partial charge < -0.3 is 9.72 Å². The van der Waals surface area contributed by atoms with Crippen molar-refractivity contribution in [2.75, 3.05) is 6.61 Å². The van der Waals surface area contributed by atoms with Crippen molar-refractivity contribution in [2.45, 2.75) is 20.3 Å². The number of hydrogen-bond donors (Lipinski definition) is 1. The molecule has 2 rings (SSSR count). The fourth-order valence-corrected chi connectivity index (χ4v) is 2.21. The van der Waals surface area contributed by atoms with E-state index in [0.717, 1.165) is 5.56 Å². The lowest BCUT2D eigenvalue weighted by Gasteiger charge is -2.03. The fourth-order valence-electron chi connectivity index (χ4n) is 2.08. The van der Waals surface area contributed by atoms with Crippen LogP contribution in [-0.2, 0) is 11.2 Å². The van der Waals surface area contributed by atoms with E-state index in [1.165, 1.54) is 0 Å². The molecule has 2 aromatic rings. The number of ketones is 1. The fraction of sp³-hybridized carbons (Fsp3) is 0.250. The molecule has 110 valence electrons. The van der Waals surface area contributed by atoms with Gasteiger partial charge in [-0.15, -0.1) is 0 Å². The van der Waals surface area contributed by atoms with Crippen molar-refractivity contribution in [1.82, 2.24) is 4.98 Å². The van der Waals surface area contributed by atoms with Crippen molar-refractivity contribution in [3.05, 3.63) is 57.9 Å².